The maximum absolute atomic E-state index is 13.6. The lowest BCUT2D eigenvalue weighted by Crippen LogP contribution is -2.54. The summed E-state index contributed by atoms with van der Waals surface area (Å²) in [6.45, 7) is 3.66. The van der Waals surface area contributed by atoms with E-state index in [9.17, 15) is 47.9 Å². The van der Waals surface area contributed by atoms with Gasteiger partial charge in [0.25, 0.3) is 17.7 Å². The molecule has 0 aliphatic carbocycles. The Hall–Kier alpha value is -8.89. The van der Waals surface area contributed by atoms with Gasteiger partial charge in [0, 0.05) is 68.0 Å². The molecule has 1 aliphatic heterocycles. The van der Waals surface area contributed by atoms with E-state index in [4.69, 9.17) is 20.0 Å². The molecule has 23 heteroatoms. The van der Waals surface area contributed by atoms with Gasteiger partial charge in [0.15, 0.2) is 0 Å². The number of hydroxylamine groups is 2. The average Bonchev–Trinajstić information content (AvgIpc) is 3.70. The summed E-state index contributed by atoms with van der Waals surface area (Å²) in [6.07, 6.45) is 3.25. The number of para-hydroxylation sites is 2. The number of benzene rings is 3. The summed E-state index contributed by atoms with van der Waals surface area (Å²) in [5.74, 6) is -4.34. The van der Waals surface area contributed by atoms with Gasteiger partial charge in [-0.15, -0.1) is 5.06 Å². The topological polar surface area (TPSA) is 325 Å². The van der Waals surface area contributed by atoms with Crippen molar-refractivity contribution in [2.24, 2.45) is 11.7 Å². The van der Waals surface area contributed by atoms with Crippen LogP contribution in [0.2, 0.25) is 0 Å². The molecule has 10 amide bonds. The number of primary amides is 1. The minimum atomic E-state index is -1.10. The van der Waals surface area contributed by atoms with Gasteiger partial charge in [-0.05, 0) is 85.2 Å². The van der Waals surface area contributed by atoms with Crippen LogP contribution in [0.25, 0.3) is 0 Å². The Morgan fingerprint density at radius 2 is 1.31 bits per heavy atom. The largest absolute Gasteiger partial charge is 0.445 e. The molecule has 4 aromatic rings. The Morgan fingerprint density at radius 1 is 0.662 bits per heavy atom. The number of carbonyl (C=O) groups excluding carboxylic acids is 10. The third-order valence-corrected chi connectivity index (χ3v) is 11.1. The molecule has 1 aromatic heterocycles. The average molecular weight is 1020 g/mol. The fourth-order valence-electron chi connectivity index (χ4n) is 7.10. The first-order valence-corrected chi connectivity index (χ1v) is 23.9. The highest BCUT2D eigenvalue weighted by Crippen LogP contribution is 2.23. The summed E-state index contributed by atoms with van der Waals surface area (Å²) in [5, 5.41) is 19.2. The zero-order chi connectivity index (χ0) is 53.4. The molecule has 23 nitrogen and oxygen atoms in total. The van der Waals surface area contributed by atoms with Crippen LogP contribution in [0.3, 0.4) is 0 Å². The molecule has 1 aliphatic rings. The van der Waals surface area contributed by atoms with Crippen molar-refractivity contribution in [3.8, 4) is 0 Å². The van der Waals surface area contributed by atoms with Gasteiger partial charge in [0.05, 0.1) is 11.4 Å². The van der Waals surface area contributed by atoms with Crippen LogP contribution in [0, 0.1) is 5.92 Å². The van der Waals surface area contributed by atoms with E-state index in [2.05, 4.69) is 42.2 Å². The lowest BCUT2D eigenvalue weighted by atomic mass is 10.0. The second-order valence-electron chi connectivity index (χ2n) is 17.3. The van der Waals surface area contributed by atoms with Crippen molar-refractivity contribution in [3.63, 3.8) is 0 Å². The van der Waals surface area contributed by atoms with Crippen LogP contribution in [-0.2, 0) is 62.8 Å². The number of alkyl carbamates (subject to hydrolysis) is 1. The Labute approximate surface area is 426 Å². The molecule has 3 aromatic carbocycles. The standard InChI is InChI=1S/C51H60N10O13/c1-32(2)45(60-41(62)14-4-3-5-15-44(65)74-61-42(63)24-25-43(61)64)48(68)58-40(13-9-27-54-49(52)69)47(67)56-37-22-18-34(19-23-37)30-73-51(71)59-39-12-7-6-11-38(39)57-46(66)36-20-16-33(17-21-36)29-55-50(70)72-31-35-10-8-26-53-28-35/h6-8,10-12,16-23,26,28,32,40,45H,3-5,9,13-15,24-25,27,29-31H2,1-2H3,(H,55,70)(H,56,67)(H,57,66)(H,58,68)(H,59,71)(H,60,62)(H3,52,54,69)/t40-,45?/m0/s1. The van der Waals surface area contributed by atoms with Crippen LogP contribution in [0.15, 0.2) is 97.3 Å². The van der Waals surface area contributed by atoms with Crippen molar-refractivity contribution in [1.82, 2.24) is 31.3 Å². The molecule has 0 saturated carbocycles. The molecule has 2 heterocycles. The number of anilines is 3. The molecular weight excluding hydrogens is 961 g/mol. The number of aromatic nitrogens is 1. The molecule has 74 heavy (non-hydrogen) atoms. The lowest BCUT2D eigenvalue weighted by molar-refractivity contribution is -0.197. The van der Waals surface area contributed by atoms with Gasteiger partial charge in [0.2, 0.25) is 17.7 Å². The zero-order valence-corrected chi connectivity index (χ0v) is 40.9. The molecule has 0 radical (unpaired) electrons. The summed E-state index contributed by atoms with van der Waals surface area (Å²) < 4.78 is 10.6. The van der Waals surface area contributed by atoms with Crippen LogP contribution in [-0.4, -0.2) is 88.3 Å². The highest BCUT2D eigenvalue weighted by molar-refractivity contribution is 6.07. The fraction of sp³-hybridized carbons (Fsp3) is 0.353. The van der Waals surface area contributed by atoms with Gasteiger partial charge in [-0.2, -0.15) is 0 Å². The van der Waals surface area contributed by atoms with Crippen molar-refractivity contribution in [2.75, 3.05) is 22.5 Å². The van der Waals surface area contributed by atoms with E-state index < -0.39 is 71.7 Å². The summed E-state index contributed by atoms with van der Waals surface area (Å²) in [4.78, 5) is 134. The number of nitrogens with zero attached hydrogens (tertiary/aromatic N) is 2. The molecule has 5 rings (SSSR count). The highest BCUT2D eigenvalue weighted by atomic mass is 16.7. The van der Waals surface area contributed by atoms with Gasteiger partial charge in [-0.3, -0.25) is 39.1 Å². The third-order valence-electron chi connectivity index (χ3n) is 11.1. The van der Waals surface area contributed by atoms with Gasteiger partial charge < -0.3 is 51.9 Å². The SMILES string of the molecule is CC(C)C(NC(=O)CCCCCC(=O)ON1C(=O)CCC1=O)C(=O)N[C@@H](CCCNC(N)=O)C(=O)Nc1ccc(COC(=O)Nc2ccccc2NC(=O)c2ccc(CNC(=O)OCc3cccnc3)cc2)cc1. The van der Waals surface area contributed by atoms with Crippen LogP contribution < -0.4 is 43.0 Å². The van der Waals surface area contributed by atoms with Crippen molar-refractivity contribution >= 4 is 76.7 Å². The minimum absolute atomic E-state index is 0.0126. The number of nitrogens with one attached hydrogen (secondary N) is 7. The number of imide groups is 1. The monoisotopic (exact) mass is 1020 g/mol. The Balaban J connectivity index is 1.06. The number of hydrogen-bond donors (Lipinski definition) is 8. The second kappa shape index (κ2) is 28.8. The van der Waals surface area contributed by atoms with E-state index in [-0.39, 0.29) is 76.4 Å². The van der Waals surface area contributed by atoms with Crippen LogP contribution in [0.1, 0.15) is 98.7 Å². The minimum Gasteiger partial charge on any atom is -0.445 e. The Kier molecular flexibility index (Phi) is 21.8. The number of carbonyl (C=O) groups is 10. The summed E-state index contributed by atoms with van der Waals surface area (Å²) in [6, 6.07) is 20.2. The highest BCUT2D eigenvalue weighted by Gasteiger charge is 2.33. The molecule has 0 bridgehead atoms. The predicted molar refractivity (Wildman–Crippen MR) is 267 cm³/mol. The number of hydrogen-bond acceptors (Lipinski definition) is 14. The zero-order valence-electron chi connectivity index (χ0n) is 40.9. The first-order valence-electron chi connectivity index (χ1n) is 23.9. The summed E-state index contributed by atoms with van der Waals surface area (Å²) in [7, 11) is 0. The van der Waals surface area contributed by atoms with Crippen molar-refractivity contribution in [3.05, 3.63) is 120 Å². The van der Waals surface area contributed by atoms with E-state index >= 15 is 0 Å². The molecule has 392 valence electrons. The maximum atomic E-state index is 13.6. The number of amides is 10. The van der Waals surface area contributed by atoms with Crippen molar-refractivity contribution < 1.29 is 62.3 Å². The number of pyridine rings is 1. The Bertz CT molecular complexity index is 2600. The number of rotatable bonds is 26. The van der Waals surface area contributed by atoms with Crippen LogP contribution in [0.5, 0.6) is 0 Å². The van der Waals surface area contributed by atoms with Crippen molar-refractivity contribution in [2.45, 2.75) is 103 Å². The van der Waals surface area contributed by atoms with E-state index in [1.54, 1.807) is 111 Å². The summed E-state index contributed by atoms with van der Waals surface area (Å²) in [5.41, 5.74) is 8.48. The molecule has 1 saturated heterocycles. The normalized spacial score (nSPS) is 12.7. The van der Waals surface area contributed by atoms with E-state index in [0.717, 1.165) is 11.1 Å². The molecular formula is C51H60N10O13. The van der Waals surface area contributed by atoms with Gasteiger partial charge in [-0.25, -0.2) is 19.2 Å². The molecule has 0 spiro atoms. The van der Waals surface area contributed by atoms with Crippen molar-refractivity contribution in [1.29, 1.82) is 0 Å². The number of unbranched alkanes of at least 4 members (excludes halogenated alkanes) is 2. The molecule has 2 atom stereocenters. The molecule has 1 unspecified atom stereocenters. The van der Waals surface area contributed by atoms with Gasteiger partial charge >= 0.3 is 24.2 Å². The quantitative estimate of drug-likeness (QED) is 0.0301. The second-order valence-corrected chi connectivity index (χ2v) is 17.3. The number of nitrogens with two attached hydrogens (primary N) is 1. The maximum Gasteiger partial charge on any atom is 0.412 e. The molecule has 9 N–H and O–H groups in total. The fourth-order valence-corrected chi connectivity index (χ4v) is 7.10. The lowest BCUT2D eigenvalue weighted by Gasteiger charge is -2.25. The number of ether oxygens (including phenoxy) is 2. The van der Waals surface area contributed by atoms with Gasteiger partial charge in [0.1, 0.15) is 25.3 Å². The smallest absolute Gasteiger partial charge is 0.412 e. The predicted octanol–water partition coefficient (Wildman–Crippen LogP) is 5.08. The van der Waals surface area contributed by atoms with E-state index in [0.29, 0.717) is 46.8 Å². The Morgan fingerprint density at radius 3 is 1.97 bits per heavy atom. The third kappa shape index (κ3) is 19.0. The van der Waals surface area contributed by atoms with E-state index in [1.165, 1.54) is 0 Å². The molecule has 1 fully saturated rings. The van der Waals surface area contributed by atoms with E-state index in [1.807, 2.05) is 0 Å². The first-order chi connectivity index (χ1) is 35.5. The van der Waals surface area contributed by atoms with Crippen LogP contribution in [0.4, 0.5) is 31.4 Å². The first kappa shape index (κ1) is 56.0. The van der Waals surface area contributed by atoms with Crippen LogP contribution >= 0.6 is 0 Å². The number of urea groups is 1. The van der Waals surface area contributed by atoms with Gasteiger partial charge in [-0.1, -0.05) is 62.7 Å². The summed E-state index contributed by atoms with van der Waals surface area (Å²) >= 11 is 0.